The van der Waals surface area contributed by atoms with Crippen LogP contribution in [0.15, 0.2) is 146 Å². The van der Waals surface area contributed by atoms with Crippen LogP contribution in [0.3, 0.4) is 0 Å². The summed E-state index contributed by atoms with van der Waals surface area (Å²) in [6, 6.07) is -0.853. The third-order valence-corrected chi connectivity index (χ3v) is 16.1. The van der Waals surface area contributed by atoms with E-state index >= 15 is 0 Å². The van der Waals surface area contributed by atoms with Crippen molar-refractivity contribution in [2.24, 2.45) is 0 Å². The summed E-state index contributed by atoms with van der Waals surface area (Å²) in [5, 5.41) is 87.4. The van der Waals surface area contributed by atoms with E-state index in [4.69, 9.17) is 18.9 Å². The van der Waals surface area contributed by atoms with Crippen molar-refractivity contribution in [1.29, 1.82) is 0 Å². The van der Waals surface area contributed by atoms with Gasteiger partial charge in [0.25, 0.3) is 0 Å². The highest BCUT2D eigenvalue weighted by Crippen LogP contribution is 2.30. The zero-order valence-corrected chi connectivity index (χ0v) is 55.6. The second-order valence-electron chi connectivity index (χ2n) is 23.9. The molecular formula is C76H125NO13. The number of aliphatic hydroxyl groups is 8. The largest absolute Gasteiger partial charge is 0.394 e. The second kappa shape index (κ2) is 58.7. The minimum atomic E-state index is -1.79. The van der Waals surface area contributed by atoms with Crippen LogP contribution in [0.4, 0.5) is 0 Å². The van der Waals surface area contributed by atoms with Crippen LogP contribution in [-0.4, -0.2) is 140 Å². The van der Waals surface area contributed by atoms with Crippen molar-refractivity contribution in [2.45, 2.75) is 306 Å². The Balaban J connectivity index is 1.64. The summed E-state index contributed by atoms with van der Waals surface area (Å²) in [7, 11) is 0. The van der Waals surface area contributed by atoms with E-state index in [0.29, 0.717) is 12.8 Å². The Morgan fingerprint density at radius 3 is 1.18 bits per heavy atom. The molecule has 2 saturated heterocycles. The zero-order chi connectivity index (χ0) is 65.2. The average Bonchev–Trinajstić information content (AvgIpc) is 1.58. The van der Waals surface area contributed by atoms with Crippen molar-refractivity contribution in [3.8, 4) is 0 Å². The SMILES string of the molecule is CC/C=C\C/C=C\C/C=C\C/C=C\C/C=C\C/C=C\C/C=C\C/C=C\C/C=C\C/C=C\C/C=C\C/C=C\CCCCCCC(=O)NC(COC1OC(CO)C(OC2OC(CO)C(O)C(O)C2O)C(O)C1O)C(O)CCCCCCCCCCCCCCCCC. The van der Waals surface area contributed by atoms with Gasteiger partial charge in [0.05, 0.1) is 32.0 Å². The molecule has 14 heteroatoms. The monoisotopic (exact) mass is 1260 g/mol. The van der Waals surface area contributed by atoms with E-state index in [1.54, 1.807) is 0 Å². The molecule has 14 nitrogen and oxygen atoms in total. The van der Waals surface area contributed by atoms with Crippen LogP contribution in [0, 0.1) is 0 Å². The molecule has 2 rings (SSSR count). The fourth-order valence-electron chi connectivity index (χ4n) is 10.5. The molecule has 512 valence electrons. The van der Waals surface area contributed by atoms with Crippen molar-refractivity contribution in [3.63, 3.8) is 0 Å². The summed E-state index contributed by atoms with van der Waals surface area (Å²) in [5.74, 6) is -0.236. The maximum Gasteiger partial charge on any atom is 0.220 e. The van der Waals surface area contributed by atoms with Crippen LogP contribution >= 0.6 is 0 Å². The van der Waals surface area contributed by atoms with Gasteiger partial charge in [-0.15, -0.1) is 0 Å². The number of carbonyl (C=O) groups is 1. The molecule has 2 aliphatic heterocycles. The smallest absolute Gasteiger partial charge is 0.220 e. The van der Waals surface area contributed by atoms with Crippen LogP contribution in [-0.2, 0) is 23.7 Å². The number of nitrogens with one attached hydrogen (secondary N) is 1. The van der Waals surface area contributed by atoms with Gasteiger partial charge in [0.2, 0.25) is 5.91 Å². The van der Waals surface area contributed by atoms with E-state index in [9.17, 15) is 45.6 Å². The molecule has 0 aliphatic carbocycles. The maximum absolute atomic E-state index is 13.3. The number of hydrogen-bond acceptors (Lipinski definition) is 13. The summed E-state index contributed by atoms with van der Waals surface area (Å²) < 4.78 is 22.9. The van der Waals surface area contributed by atoms with Crippen molar-refractivity contribution < 1.29 is 64.6 Å². The van der Waals surface area contributed by atoms with Gasteiger partial charge in [-0.3, -0.25) is 4.79 Å². The lowest BCUT2D eigenvalue weighted by atomic mass is 9.97. The number of hydrogen-bond donors (Lipinski definition) is 9. The first-order valence-corrected chi connectivity index (χ1v) is 35.1. The molecule has 9 N–H and O–H groups in total. The molecule has 0 saturated carbocycles. The average molecular weight is 1260 g/mol. The lowest BCUT2D eigenvalue weighted by Crippen LogP contribution is -2.65. The van der Waals surface area contributed by atoms with Crippen molar-refractivity contribution >= 4 is 5.91 Å². The fraction of sp³-hybridized carbons (Fsp3) is 0.671. The normalized spacial score (nSPS) is 23.8. The first kappa shape index (κ1) is 82.0. The van der Waals surface area contributed by atoms with E-state index in [-0.39, 0.29) is 18.9 Å². The first-order valence-electron chi connectivity index (χ1n) is 35.1. The Kier molecular flexibility index (Phi) is 53.4. The number of ether oxygens (including phenoxy) is 4. The summed E-state index contributed by atoms with van der Waals surface area (Å²) >= 11 is 0. The van der Waals surface area contributed by atoms with E-state index < -0.39 is 86.8 Å². The van der Waals surface area contributed by atoms with E-state index in [1.807, 2.05) is 0 Å². The number of rotatable bonds is 55. The highest BCUT2D eigenvalue weighted by atomic mass is 16.7. The highest BCUT2D eigenvalue weighted by Gasteiger charge is 2.51. The predicted molar refractivity (Wildman–Crippen MR) is 368 cm³/mol. The van der Waals surface area contributed by atoms with Gasteiger partial charge in [-0.25, -0.2) is 0 Å². The van der Waals surface area contributed by atoms with Gasteiger partial charge < -0.3 is 65.1 Å². The number of carbonyl (C=O) groups excluding carboxylic acids is 1. The quantitative estimate of drug-likeness (QED) is 0.0204. The second-order valence-corrected chi connectivity index (χ2v) is 23.9. The van der Waals surface area contributed by atoms with Gasteiger partial charge in [0.15, 0.2) is 12.6 Å². The summed E-state index contributed by atoms with van der Waals surface area (Å²) in [5.41, 5.74) is 0. The Morgan fingerprint density at radius 1 is 0.411 bits per heavy atom. The first-order chi connectivity index (χ1) is 44.1. The summed E-state index contributed by atoms with van der Waals surface area (Å²) in [6.45, 7) is 2.72. The van der Waals surface area contributed by atoms with Crippen molar-refractivity contribution in [1.82, 2.24) is 5.32 Å². The van der Waals surface area contributed by atoms with E-state index in [1.165, 1.54) is 70.6 Å². The van der Waals surface area contributed by atoms with Gasteiger partial charge in [-0.2, -0.15) is 0 Å². The Morgan fingerprint density at radius 2 is 0.767 bits per heavy atom. The lowest BCUT2D eigenvalue weighted by Gasteiger charge is -2.46. The Bertz CT molecular complexity index is 2070. The fourth-order valence-corrected chi connectivity index (χ4v) is 10.5. The van der Waals surface area contributed by atoms with Gasteiger partial charge in [-0.1, -0.05) is 269 Å². The molecule has 0 radical (unpaired) electrons. The van der Waals surface area contributed by atoms with E-state index in [0.717, 1.165) is 128 Å². The van der Waals surface area contributed by atoms with Crippen molar-refractivity contribution in [3.05, 3.63) is 146 Å². The van der Waals surface area contributed by atoms with Crippen LogP contribution in [0.25, 0.3) is 0 Å². The number of allylic oxidation sites excluding steroid dienone is 24. The summed E-state index contributed by atoms with van der Waals surface area (Å²) in [6.07, 6.45) is 71.4. The standard InChI is InChI=1S/C76H125NO13/c1-3-5-7-9-11-13-15-17-19-20-21-22-23-24-25-26-27-28-29-30-31-32-33-34-35-36-37-38-39-40-41-42-43-44-46-48-50-52-54-56-58-60-68(81)77-64(65(80)59-57-55-53-51-49-47-45-18-16-14-12-10-8-6-4-2)63-87-75-73(86)71(84)74(67(62-79)89-75)90-76-72(85)70(83)69(82)66(61-78)88-76/h5,7,11,13,17,19,21-22,24-25,27-28,30-31,33-34,36-37,39-40,42-43,46,48,64-67,69-76,78-80,82-86H,3-4,6,8-10,12,14-16,18,20,23,26,29,32,35,38,41,44-45,47,49-63H2,1-2H3,(H,77,81)/b7-5-,13-11-,19-17-,22-21-,25-24-,28-27-,31-30-,34-33-,37-36-,40-39-,43-42-,48-46-. The molecular weight excluding hydrogens is 1130 g/mol. The van der Waals surface area contributed by atoms with Gasteiger partial charge in [0, 0.05) is 6.42 Å². The summed E-state index contributed by atoms with van der Waals surface area (Å²) in [4.78, 5) is 13.3. The number of aliphatic hydroxyl groups excluding tert-OH is 8. The van der Waals surface area contributed by atoms with Crippen LogP contribution in [0.5, 0.6) is 0 Å². The number of amides is 1. The molecule has 12 atom stereocenters. The molecule has 90 heavy (non-hydrogen) atoms. The minimum Gasteiger partial charge on any atom is -0.394 e. The highest BCUT2D eigenvalue weighted by molar-refractivity contribution is 5.76. The zero-order valence-electron chi connectivity index (χ0n) is 55.6. The molecule has 2 fully saturated rings. The van der Waals surface area contributed by atoms with Crippen molar-refractivity contribution in [2.75, 3.05) is 19.8 Å². The third kappa shape index (κ3) is 42.2. The minimum absolute atomic E-state index is 0.236. The van der Waals surface area contributed by atoms with Gasteiger partial charge in [0.1, 0.15) is 48.8 Å². The van der Waals surface area contributed by atoms with Gasteiger partial charge in [-0.05, 0) is 103 Å². The van der Waals surface area contributed by atoms with Crippen LogP contribution in [0.2, 0.25) is 0 Å². The lowest BCUT2D eigenvalue weighted by molar-refractivity contribution is -0.359. The Labute approximate surface area is 544 Å². The molecule has 0 aromatic carbocycles. The molecule has 12 unspecified atom stereocenters. The molecule has 0 aromatic heterocycles. The molecule has 1 amide bonds. The van der Waals surface area contributed by atoms with Gasteiger partial charge >= 0.3 is 0 Å². The van der Waals surface area contributed by atoms with Crippen LogP contribution < -0.4 is 5.32 Å². The topological polar surface area (TPSA) is 228 Å². The molecule has 0 bridgehead atoms. The third-order valence-electron chi connectivity index (χ3n) is 16.1. The van der Waals surface area contributed by atoms with Crippen LogP contribution in [0.1, 0.15) is 232 Å². The molecule has 2 aliphatic rings. The molecule has 0 aromatic rings. The van der Waals surface area contributed by atoms with E-state index in [2.05, 4.69) is 165 Å². The number of unbranched alkanes of at least 4 members (excludes halogenated alkanes) is 18. The Hall–Kier alpha value is -4.13. The molecule has 2 heterocycles. The predicted octanol–water partition coefficient (Wildman–Crippen LogP) is 14.5. The maximum atomic E-state index is 13.3. The molecule has 0 spiro atoms.